The standard InChI is InChI=1S/C16H24BrFN2/c1-2-11-4-3-5-12(8-11)16(20-19)10-13-9-14(18)6-7-15(13)17/h6-7,9,11-12,16,20H,2-5,8,10,19H2,1H3. The monoisotopic (exact) mass is 342 g/mol. The topological polar surface area (TPSA) is 38.0 Å². The van der Waals surface area contributed by atoms with Gasteiger partial charge in [0, 0.05) is 10.5 Å². The molecule has 0 saturated heterocycles. The summed E-state index contributed by atoms with van der Waals surface area (Å²) >= 11 is 3.50. The summed E-state index contributed by atoms with van der Waals surface area (Å²) in [6.45, 7) is 2.26. The van der Waals surface area contributed by atoms with Gasteiger partial charge >= 0.3 is 0 Å². The van der Waals surface area contributed by atoms with Gasteiger partial charge in [-0.2, -0.15) is 0 Å². The Hall–Kier alpha value is -0.450. The van der Waals surface area contributed by atoms with E-state index in [0.29, 0.717) is 5.92 Å². The fraction of sp³-hybridized carbons (Fsp3) is 0.625. The summed E-state index contributed by atoms with van der Waals surface area (Å²) in [6.07, 6.45) is 7.10. The number of halogens is 2. The van der Waals surface area contributed by atoms with Gasteiger partial charge in [0.05, 0.1) is 0 Å². The summed E-state index contributed by atoms with van der Waals surface area (Å²) in [6, 6.07) is 5.08. The lowest BCUT2D eigenvalue weighted by molar-refractivity contribution is 0.208. The van der Waals surface area contributed by atoms with Crippen LogP contribution >= 0.6 is 15.9 Å². The molecule has 0 heterocycles. The molecule has 2 rings (SSSR count). The zero-order valence-corrected chi connectivity index (χ0v) is 13.6. The molecule has 1 aliphatic rings. The fourth-order valence-electron chi connectivity index (χ4n) is 3.37. The molecule has 4 heteroatoms. The Kier molecular flexibility index (Phi) is 6.00. The Morgan fingerprint density at radius 2 is 2.25 bits per heavy atom. The van der Waals surface area contributed by atoms with Gasteiger partial charge in [0.15, 0.2) is 0 Å². The maximum atomic E-state index is 13.4. The minimum absolute atomic E-state index is 0.186. The van der Waals surface area contributed by atoms with Crippen LogP contribution in [-0.2, 0) is 6.42 Å². The van der Waals surface area contributed by atoms with E-state index in [1.807, 2.05) is 0 Å². The van der Waals surface area contributed by atoms with Gasteiger partial charge in [0.2, 0.25) is 0 Å². The van der Waals surface area contributed by atoms with E-state index in [1.54, 1.807) is 12.1 Å². The number of hydrazine groups is 1. The van der Waals surface area contributed by atoms with E-state index >= 15 is 0 Å². The lowest BCUT2D eigenvalue weighted by Gasteiger charge is -2.34. The summed E-state index contributed by atoms with van der Waals surface area (Å²) in [7, 11) is 0. The van der Waals surface area contributed by atoms with E-state index in [9.17, 15) is 4.39 Å². The van der Waals surface area contributed by atoms with Gasteiger partial charge in [0.25, 0.3) is 0 Å². The molecule has 3 N–H and O–H groups in total. The molecule has 0 amide bonds. The smallest absolute Gasteiger partial charge is 0.123 e. The second kappa shape index (κ2) is 7.53. The van der Waals surface area contributed by atoms with Crippen molar-refractivity contribution in [1.29, 1.82) is 0 Å². The molecule has 0 bridgehead atoms. The van der Waals surface area contributed by atoms with Gasteiger partial charge in [-0.3, -0.25) is 11.3 Å². The summed E-state index contributed by atoms with van der Waals surface area (Å²) in [5.74, 6) is 6.99. The molecule has 1 aromatic rings. The van der Waals surface area contributed by atoms with Crippen molar-refractivity contribution in [3.8, 4) is 0 Å². The molecule has 112 valence electrons. The quantitative estimate of drug-likeness (QED) is 0.622. The van der Waals surface area contributed by atoms with E-state index in [-0.39, 0.29) is 11.9 Å². The molecular formula is C16H24BrFN2. The third kappa shape index (κ3) is 4.03. The number of nitrogens with one attached hydrogen (secondary N) is 1. The Morgan fingerprint density at radius 3 is 2.95 bits per heavy atom. The minimum atomic E-state index is -0.186. The molecule has 1 saturated carbocycles. The number of nitrogens with two attached hydrogens (primary N) is 1. The van der Waals surface area contributed by atoms with E-state index in [4.69, 9.17) is 5.84 Å². The highest BCUT2D eigenvalue weighted by molar-refractivity contribution is 9.10. The van der Waals surface area contributed by atoms with Crippen molar-refractivity contribution in [2.75, 3.05) is 0 Å². The van der Waals surface area contributed by atoms with Crippen LogP contribution < -0.4 is 11.3 Å². The van der Waals surface area contributed by atoms with Crippen LogP contribution in [0.25, 0.3) is 0 Å². The Morgan fingerprint density at radius 1 is 1.45 bits per heavy atom. The highest BCUT2D eigenvalue weighted by atomic mass is 79.9. The molecule has 0 aliphatic heterocycles. The molecule has 1 aromatic carbocycles. The predicted molar refractivity (Wildman–Crippen MR) is 84.7 cm³/mol. The predicted octanol–water partition coefficient (Wildman–Crippen LogP) is 4.18. The maximum absolute atomic E-state index is 13.4. The highest BCUT2D eigenvalue weighted by Crippen LogP contribution is 2.34. The van der Waals surface area contributed by atoms with Gasteiger partial charge in [0.1, 0.15) is 5.82 Å². The van der Waals surface area contributed by atoms with Crippen molar-refractivity contribution in [3.05, 3.63) is 34.1 Å². The van der Waals surface area contributed by atoms with Crippen LogP contribution in [0.15, 0.2) is 22.7 Å². The van der Waals surface area contributed by atoms with Crippen LogP contribution in [0.3, 0.4) is 0 Å². The normalized spacial score (nSPS) is 24.6. The van der Waals surface area contributed by atoms with Crippen LogP contribution in [-0.4, -0.2) is 6.04 Å². The summed E-state index contributed by atoms with van der Waals surface area (Å²) in [4.78, 5) is 0. The number of hydrogen-bond donors (Lipinski definition) is 2. The Bertz CT molecular complexity index is 438. The van der Waals surface area contributed by atoms with Crippen LogP contribution in [0.2, 0.25) is 0 Å². The van der Waals surface area contributed by atoms with Crippen molar-refractivity contribution in [3.63, 3.8) is 0 Å². The van der Waals surface area contributed by atoms with Crippen molar-refractivity contribution in [2.24, 2.45) is 17.7 Å². The Labute approximate surface area is 129 Å². The van der Waals surface area contributed by atoms with Crippen LogP contribution in [0, 0.1) is 17.7 Å². The molecular weight excluding hydrogens is 319 g/mol. The maximum Gasteiger partial charge on any atom is 0.123 e. The zero-order chi connectivity index (χ0) is 14.5. The molecule has 3 unspecified atom stereocenters. The first-order valence-electron chi connectivity index (χ1n) is 7.54. The van der Waals surface area contributed by atoms with Gasteiger partial charge in [-0.15, -0.1) is 0 Å². The van der Waals surface area contributed by atoms with Gasteiger partial charge < -0.3 is 0 Å². The third-order valence-corrected chi connectivity index (χ3v) is 5.41. The lowest BCUT2D eigenvalue weighted by atomic mass is 9.75. The van der Waals surface area contributed by atoms with Crippen molar-refractivity contribution < 1.29 is 4.39 Å². The van der Waals surface area contributed by atoms with E-state index in [2.05, 4.69) is 28.3 Å². The Balaban J connectivity index is 2.06. The van der Waals surface area contributed by atoms with Gasteiger partial charge in [-0.25, -0.2) is 4.39 Å². The average Bonchev–Trinajstić information content (AvgIpc) is 2.48. The number of hydrogen-bond acceptors (Lipinski definition) is 2. The first kappa shape index (κ1) is 15.9. The first-order chi connectivity index (χ1) is 9.63. The second-order valence-electron chi connectivity index (χ2n) is 5.91. The van der Waals surface area contributed by atoms with Crippen molar-refractivity contribution in [2.45, 2.75) is 51.5 Å². The molecule has 0 spiro atoms. The third-order valence-electron chi connectivity index (χ3n) is 4.63. The average molecular weight is 343 g/mol. The van der Waals surface area contributed by atoms with Crippen LogP contribution in [0.4, 0.5) is 4.39 Å². The molecule has 2 nitrogen and oxygen atoms in total. The molecule has 20 heavy (non-hydrogen) atoms. The van der Waals surface area contributed by atoms with E-state index in [0.717, 1.165) is 22.4 Å². The second-order valence-corrected chi connectivity index (χ2v) is 6.77. The first-order valence-corrected chi connectivity index (χ1v) is 8.33. The van der Waals surface area contributed by atoms with Crippen molar-refractivity contribution in [1.82, 2.24) is 5.43 Å². The van der Waals surface area contributed by atoms with E-state index in [1.165, 1.54) is 38.2 Å². The zero-order valence-electron chi connectivity index (χ0n) is 12.0. The largest absolute Gasteiger partial charge is 0.271 e. The molecule has 1 fully saturated rings. The number of rotatable bonds is 5. The van der Waals surface area contributed by atoms with Gasteiger partial charge in [-0.1, -0.05) is 42.1 Å². The highest BCUT2D eigenvalue weighted by Gasteiger charge is 2.27. The summed E-state index contributed by atoms with van der Waals surface area (Å²) in [5.41, 5.74) is 3.96. The summed E-state index contributed by atoms with van der Waals surface area (Å²) in [5, 5.41) is 0. The molecule has 1 aliphatic carbocycles. The van der Waals surface area contributed by atoms with E-state index < -0.39 is 0 Å². The molecule has 0 radical (unpaired) electrons. The van der Waals surface area contributed by atoms with Crippen molar-refractivity contribution >= 4 is 15.9 Å². The van der Waals surface area contributed by atoms with Crippen LogP contribution in [0.5, 0.6) is 0 Å². The fourth-order valence-corrected chi connectivity index (χ4v) is 3.78. The molecule has 0 aromatic heterocycles. The lowest BCUT2D eigenvalue weighted by Crippen LogP contribution is -2.44. The number of benzene rings is 1. The van der Waals surface area contributed by atoms with Gasteiger partial charge in [-0.05, 0) is 54.9 Å². The summed E-state index contributed by atoms with van der Waals surface area (Å²) < 4.78 is 14.3. The molecule has 3 atom stereocenters. The SMILES string of the molecule is CCC1CCCC(C(Cc2cc(F)ccc2Br)NN)C1. The minimum Gasteiger partial charge on any atom is -0.271 e. The van der Waals surface area contributed by atoms with Crippen LogP contribution in [0.1, 0.15) is 44.6 Å².